The van der Waals surface area contributed by atoms with Crippen LogP contribution in [0.5, 0.6) is 0 Å². The lowest BCUT2D eigenvalue weighted by Crippen LogP contribution is -2.11. The topological polar surface area (TPSA) is 32.8 Å². The van der Waals surface area contributed by atoms with Gasteiger partial charge in [-0.15, -0.1) is 0 Å². The normalized spacial score (nSPS) is 11.8. The summed E-state index contributed by atoms with van der Waals surface area (Å²) in [4.78, 5) is 4.69. The Morgan fingerprint density at radius 1 is 0.310 bits per heavy atom. The van der Waals surface area contributed by atoms with Gasteiger partial charge in [0, 0.05) is 61.7 Å². The van der Waals surface area contributed by atoms with Crippen LogP contribution in [0.2, 0.25) is 0 Å². The van der Waals surface area contributed by atoms with Gasteiger partial charge in [0.2, 0.25) is 0 Å². The molecule has 0 atom stereocenters. The van der Waals surface area contributed by atoms with Gasteiger partial charge < -0.3 is 18.6 Å². The van der Waals surface area contributed by atoms with Crippen molar-refractivity contribution >= 4 is 99.5 Å². The molecule has 0 aliphatic rings. The number of para-hydroxylation sites is 2. The second-order valence-corrected chi connectivity index (χ2v) is 15.7. The molecule has 278 valence electrons. The van der Waals surface area contributed by atoms with Crippen LogP contribution in [0.3, 0.4) is 0 Å². The number of furan rings is 2. The number of aryl methyl sites for hydroxylation is 4. The van der Waals surface area contributed by atoms with Crippen LogP contribution in [0, 0.1) is 27.7 Å². The fourth-order valence-corrected chi connectivity index (χ4v) is 8.80. The van der Waals surface area contributed by atoms with E-state index in [0.717, 1.165) is 99.5 Å². The van der Waals surface area contributed by atoms with E-state index in [0.29, 0.717) is 0 Å². The summed E-state index contributed by atoms with van der Waals surface area (Å²) in [6.07, 6.45) is 0. The van der Waals surface area contributed by atoms with Gasteiger partial charge in [0.1, 0.15) is 22.3 Å². The molecule has 0 radical (unpaired) electrons. The van der Waals surface area contributed by atoms with Gasteiger partial charge in [-0.2, -0.15) is 0 Å². The fourth-order valence-electron chi connectivity index (χ4n) is 8.80. The second kappa shape index (κ2) is 13.1. The molecule has 0 saturated heterocycles. The molecule has 0 fully saturated rings. The predicted octanol–water partition coefficient (Wildman–Crippen LogP) is 16.0. The Morgan fingerprint density at radius 2 is 0.724 bits per heavy atom. The molecule has 11 aromatic rings. The first-order valence-corrected chi connectivity index (χ1v) is 19.9. The Morgan fingerprint density at radius 3 is 1.17 bits per heavy atom. The minimum atomic E-state index is 0.817. The van der Waals surface area contributed by atoms with Crippen molar-refractivity contribution in [3.63, 3.8) is 0 Å². The minimum Gasteiger partial charge on any atom is -0.456 e. The second-order valence-electron chi connectivity index (χ2n) is 15.7. The highest BCUT2D eigenvalue weighted by Crippen LogP contribution is 2.43. The van der Waals surface area contributed by atoms with Crippen molar-refractivity contribution in [1.82, 2.24) is 0 Å². The van der Waals surface area contributed by atoms with E-state index in [9.17, 15) is 0 Å². The minimum absolute atomic E-state index is 0.817. The third-order valence-corrected chi connectivity index (χ3v) is 11.7. The number of anilines is 6. The van der Waals surface area contributed by atoms with E-state index in [4.69, 9.17) is 8.83 Å². The first-order valence-electron chi connectivity index (χ1n) is 19.9. The number of hydrogen-bond donors (Lipinski definition) is 0. The van der Waals surface area contributed by atoms with Crippen molar-refractivity contribution in [2.75, 3.05) is 9.80 Å². The maximum Gasteiger partial charge on any atom is 0.139 e. The number of rotatable bonds is 6. The monoisotopic (exact) mass is 748 g/mol. The smallest absolute Gasteiger partial charge is 0.139 e. The summed E-state index contributed by atoms with van der Waals surface area (Å²) in [7, 11) is 0. The zero-order valence-corrected chi connectivity index (χ0v) is 32.9. The van der Waals surface area contributed by atoms with Crippen LogP contribution in [0.15, 0.2) is 179 Å². The Labute approximate surface area is 336 Å². The molecule has 2 aromatic heterocycles. The molecule has 0 aliphatic heterocycles. The van der Waals surface area contributed by atoms with Gasteiger partial charge in [0.05, 0.1) is 0 Å². The molecule has 0 saturated carbocycles. The number of benzene rings is 9. The Bertz CT molecular complexity index is 3200. The van der Waals surface area contributed by atoms with E-state index in [1.54, 1.807) is 0 Å². The maximum absolute atomic E-state index is 6.61. The highest BCUT2D eigenvalue weighted by atomic mass is 16.3. The van der Waals surface area contributed by atoms with Gasteiger partial charge in [-0.3, -0.25) is 0 Å². The quantitative estimate of drug-likeness (QED) is 0.170. The largest absolute Gasteiger partial charge is 0.456 e. The summed E-state index contributed by atoms with van der Waals surface area (Å²) < 4.78 is 13.2. The van der Waals surface area contributed by atoms with Gasteiger partial charge in [-0.1, -0.05) is 72.8 Å². The van der Waals surface area contributed by atoms with Crippen molar-refractivity contribution in [3.8, 4) is 0 Å². The molecule has 0 bridgehead atoms. The highest BCUT2D eigenvalue weighted by Gasteiger charge is 2.19. The van der Waals surface area contributed by atoms with E-state index < -0.39 is 0 Å². The summed E-state index contributed by atoms with van der Waals surface area (Å²) >= 11 is 0. The van der Waals surface area contributed by atoms with Crippen molar-refractivity contribution in [2.45, 2.75) is 27.7 Å². The molecule has 11 rings (SSSR count). The van der Waals surface area contributed by atoms with E-state index in [-0.39, 0.29) is 0 Å². The van der Waals surface area contributed by atoms with Crippen LogP contribution >= 0.6 is 0 Å². The lowest BCUT2D eigenvalue weighted by molar-refractivity contribution is 0.656. The van der Waals surface area contributed by atoms with Crippen LogP contribution in [0.4, 0.5) is 34.1 Å². The molecule has 4 nitrogen and oxygen atoms in total. The summed E-state index contributed by atoms with van der Waals surface area (Å²) in [5.41, 5.74) is 15.0. The molecule has 0 aliphatic carbocycles. The third kappa shape index (κ3) is 5.60. The van der Waals surface area contributed by atoms with Crippen molar-refractivity contribution in [2.24, 2.45) is 0 Å². The van der Waals surface area contributed by atoms with Gasteiger partial charge in [0.25, 0.3) is 0 Å². The average molecular weight is 749 g/mol. The van der Waals surface area contributed by atoms with Gasteiger partial charge in [-0.25, -0.2) is 0 Å². The molecule has 0 spiro atoms. The summed E-state index contributed by atoms with van der Waals surface area (Å²) in [6, 6.07) is 61.2. The fraction of sp³-hybridized carbons (Fsp3) is 0.0741. The zero-order chi connectivity index (χ0) is 39.1. The summed E-state index contributed by atoms with van der Waals surface area (Å²) in [5, 5.41) is 8.93. The third-order valence-electron chi connectivity index (χ3n) is 11.7. The van der Waals surface area contributed by atoms with Crippen LogP contribution in [-0.2, 0) is 0 Å². The van der Waals surface area contributed by atoms with Crippen molar-refractivity contribution < 1.29 is 8.83 Å². The first kappa shape index (κ1) is 34.0. The van der Waals surface area contributed by atoms with Crippen LogP contribution in [0.1, 0.15) is 22.3 Å². The van der Waals surface area contributed by atoms with Crippen LogP contribution < -0.4 is 9.80 Å². The lowest BCUT2D eigenvalue weighted by atomic mass is 10.0. The first-order chi connectivity index (χ1) is 28.3. The molecule has 9 aromatic carbocycles. The number of hydrogen-bond acceptors (Lipinski definition) is 4. The van der Waals surface area contributed by atoms with Crippen LogP contribution in [0.25, 0.3) is 65.4 Å². The SMILES string of the molecule is Cc1cccc(N(c2ccc3cc4c(cc3c2)oc2cc3oc5cc6cc(N(c7cccc(C)c7)c7ccccc7C)ccc6cc5c3cc24)c2ccccc2C)c1. The van der Waals surface area contributed by atoms with Crippen LogP contribution in [-0.4, -0.2) is 0 Å². The van der Waals surface area contributed by atoms with E-state index >= 15 is 0 Å². The number of nitrogens with zero attached hydrogens (tertiary/aromatic N) is 2. The van der Waals surface area contributed by atoms with Gasteiger partial charge in [0.15, 0.2) is 0 Å². The predicted molar refractivity (Wildman–Crippen MR) is 244 cm³/mol. The highest BCUT2D eigenvalue weighted by molar-refractivity contribution is 6.18. The molecular weight excluding hydrogens is 709 g/mol. The zero-order valence-electron chi connectivity index (χ0n) is 32.9. The average Bonchev–Trinajstić information content (AvgIpc) is 3.75. The standard InChI is InChI=1S/C54H40N2O2/c1-33-11-9-15-41(23-33)55(49-17-7-5-13-35(49)3)43-21-19-37-27-45-47-31-48-46-28-38-20-22-44(56(42-16-10-12-34(2)24-42)50-18-8-6-14-36(50)4)26-40(38)30-52(46)58-54(48)32-53(47)57-51(45)29-39(37)25-43/h5-32H,1-4H3. The van der Waals surface area contributed by atoms with Crippen molar-refractivity contribution in [3.05, 3.63) is 192 Å². The number of fused-ring (bicyclic) bond motifs is 8. The Kier molecular flexibility index (Phi) is 7.70. The van der Waals surface area contributed by atoms with Crippen molar-refractivity contribution in [1.29, 1.82) is 0 Å². The lowest BCUT2D eigenvalue weighted by Gasteiger charge is -2.27. The Balaban J connectivity index is 1.01. The molecule has 4 heteroatoms. The van der Waals surface area contributed by atoms with E-state index in [1.165, 1.54) is 22.3 Å². The maximum atomic E-state index is 6.61. The van der Waals surface area contributed by atoms with Gasteiger partial charge >= 0.3 is 0 Å². The molecule has 0 amide bonds. The molecule has 58 heavy (non-hydrogen) atoms. The molecule has 0 N–H and O–H groups in total. The van der Waals surface area contributed by atoms with Gasteiger partial charge in [-0.05, 0) is 162 Å². The van der Waals surface area contributed by atoms with E-state index in [2.05, 4.69) is 207 Å². The Hall–Kier alpha value is -7.30. The summed E-state index contributed by atoms with van der Waals surface area (Å²) in [5.74, 6) is 0. The molecule has 0 unspecified atom stereocenters. The molecular formula is C54H40N2O2. The summed E-state index contributed by atoms with van der Waals surface area (Å²) in [6.45, 7) is 8.62. The van der Waals surface area contributed by atoms with E-state index in [1.807, 2.05) is 0 Å². The molecule has 2 heterocycles.